The van der Waals surface area contributed by atoms with Crippen LogP contribution in [0.25, 0.3) is 0 Å². The van der Waals surface area contributed by atoms with Crippen molar-refractivity contribution in [3.05, 3.63) is 11.3 Å². The number of rotatable bonds is 0. The molecule has 0 aromatic rings. The molecule has 3 atom stereocenters. The number of aliphatic hydroxyl groups is 1. The maximum Gasteiger partial charge on any atom is 0.168 e. The first-order valence-electron chi connectivity index (χ1n) is 5.28. The number of Topliss-reactive ketones (excluding diaryl/α,β-unsaturated/α-hetero) is 1. The predicted molar refractivity (Wildman–Crippen MR) is 51.1 cm³/mol. The lowest BCUT2D eigenvalue weighted by atomic mass is 9.84. The van der Waals surface area contributed by atoms with Crippen LogP contribution >= 0.6 is 0 Å². The summed E-state index contributed by atoms with van der Waals surface area (Å²) >= 11 is 0. The van der Waals surface area contributed by atoms with Gasteiger partial charge < -0.3 is 14.6 Å². The van der Waals surface area contributed by atoms with Crippen LogP contribution in [0.1, 0.15) is 26.7 Å². The van der Waals surface area contributed by atoms with Crippen LogP contribution in [0.5, 0.6) is 0 Å². The third kappa shape index (κ3) is 1.32. The van der Waals surface area contributed by atoms with Crippen molar-refractivity contribution in [2.45, 2.75) is 50.6 Å². The van der Waals surface area contributed by atoms with Gasteiger partial charge in [0.2, 0.25) is 0 Å². The van der Waals surface area contributed by atoms with Crippen molar-refractivity contribution in [1.82, 2.24) is 0 Å². The SMILES string of the molecule is CC1(C)CC(=O)C2=C(O1)[C@H]1O[C@H]1C[C@@H]2O. The van der Waals surface area contributed by atoms with Crippen LogP contribution in [0, 0.1) is 0 Å². The fraction of sp³-hybridized carbons (Fsp3) is 0.727. The molecule has 15 heavy (non-hydrogen) atoms. The number of epoxide rings is 1. The third-order valence-electron chi connectivity index (χ3n) is 3.17. The molecule has 2 heterocycles. The summed E-state index contributed by atoms with van der Waals surface area (Å²) in [6.07, 6.45) is 0.138. The van der Waals surface area contributed by atoms with E-state index in [-0.39, 0.29) is 18.0 Å². The molecule has 0 aromatic carbocycles. The summed E-state index contributed by atoms with van der Waals surface area (Å²) in [5, 5.41) is 9.80. The second kappa shape index (κ2) is 2.62. The summed E-state index contributed by atoms with van der Waals surface area (Å²) in [6.45, 7) is 3.76. The first-order chi connectivity index (χ1) is 6.98. The van der Waals surface area contributed by atoms with Crippen molar-refractivity contribution < 1.29 is 19.4 Å². The number of aliphatic hydroxyl groups excluding tert-OH is 1. The largest absolute Gasteiger partial charge is 0.488 e. The maximum atomic E-state index is 11.9. The van der Waals surface area contributed by atoms with E-state index in [9.17, 15) is 9.90 Å². The molecule has 1 N–H and O–H groups in total. The first-order valence-corrected chi connectivity index (χ1v) is 5.28. The smallest absolute Gasteiger partial charge is 0.168 e. The molecule has 4 heteroatoms. The van der Waals surface area contributed by atoms with Gasteiger partial charge >= 0.3 is 0 Å². The molecule has 82 valence electrons. The molecule has 3 rings (SSSR count). The second-order valence-corrected chi connectivity index (χ2v) is 5.09. The zero-order valence-corrected chi connectivity index (χ0v) is 8.82. The topological polar surface area (TPSA) is 59.1 Å². The van der Waals surface area contributed by atoms with Gasteiger partial charge in [-0.05, 0) is 13.8 Å². The molecule has 1 aliphatic carbocycles. The van der Waals surface area contributed by atoms with Crippen molar-refractivity contribution in [3.8, 4) is 0 Å². The van der Waals surface area contributed by atoms with E-state index in [0.29, 0.717) is 24.2 Å². The Morgan fingerprint density at radius 1 is 1.47 bits per heavy atom. The van der Waals surface area contributed by atoms with Gasteiger partial charge in [0.1, 0.15) is 17.5 Å². The van der Waals surface area contributed by atoms with Gasteiger partial charge in [-0.3, -0.25) is 4.79 Å². The summed E-state index contributed by atoms with van der Waals surface area (Å²) in [5.74, 6) is 0.586. The highest BCUT2D eigenvalue weighted by atomic mass is 16.6. The van der Waals surface area contributed by atoms with E-state index in [4.69, 9.17) is 9.47 Å². The molecular formula is C11H14O4. The number of carbonyl (C=O) groups is 1. The molecule has 1 fully saturated rings. The summed E-state index contributed by atoms with van der Waals surface area (Å²) in [4.78, 5) is 11.9. The standard InChI is InChI=1S/C11H14O4/c1-11(2)4-6(13)8-5(12)3-7-9(14-7)10(8)15-11/h5,7,9,12H,3-4H2,1-2H3/t5-,7-,9-/m0/s1. The molecule has 4 nitrogen and oxygen atoms in total. The minimum absolute atomic E-state index is 0.00250. The lowest BCUT2D eigenvalue weighted by Gasteiger charge is -2.35. The van der Waals surface area contributed by atoms with Crippen molar-refractivity contribution >= 4 is 5.78 Å². The Kier molecular flexibility index (Phi) is 1.64. The normalized spacial score (nSPS) is 41.8. The molecule has 0 aromatic heterocycles. The molecule has 3 aliphatic rings. The Bertz CT molecular complexity index is 369. The van der Waals surface area contributed by atoms with Crippen LogP contribution in [0.2, 0.25) is 0 Å². The minimum atomic E-state index is -0.702. The van der Waals surface area contributed by atoms with Crippen molar-refractivity contribution in [1.29, 1.82) is 0 Å². The van der Waals surface area contributed by atoms with Gasteiger partial charge in [0.25, 0.3) is 0 Å². The van der Waals surface area contributed by atoms with Crippen molar-refractivity contribution in [2.75, 3.05) is 0 Å². The number of fused-ring (bicyclic) bond motifs is 2. The molecule has 0 unspecified atom stereocenters. The molecule has 0 bridgehead atoms. The lowest BCUT2D eigenvalue weighted by Crippen LogP contribution is -2.40. The van der Waals surface area contributed by atoms with E-state index < -0.39 is 11.7 Å². The van der Waals surface area contributed by atoms with E-state index in [1.54, 1.807) is 0 Å². The average molecular weight is 210 g/mol. The highest BCUT2D eigenvalue weighted by molar-refractivity contribution is 5.98. The Hall–Kier alpha value is -0.870. The third-order valence-corrected chi connectivity index (χ3v) is 3.17. The quantitative estimate of drug-likeness (QED) is 0.593. The molecule has 0 amide bonds. The van der Waals surface area contributed by atoms with Crippen LogP contribution < -0.4 is 0 Å². The molecule has 0 spiro atoms. The Morgan fingerprint density at radius 3 is 2.93 bits per heavy atom. The summed E-state index contributed by atoms with van der Waals surface area (Å²) < 4.78 is 11.1. The lowest BCUT2D eigenvalue weighted by molar-refractivity contribution is -0.125. The van der Waals surface area contributed by atoms with E-state index >= 15 is 0 Å². The highest BCUT2D eigenvalue weighted by Crippen LogP contribution is 2.46. The van der Waals surface area contributed by atoms with E-state index in [0.717, 1.165) is 0 Å². The zero-order valence-electron chi connectivity index (χ0n) is 8.82. The Labute approximate surface area is 87.9 Å². The monoisotopic (exact) mass is 210 g/mol. The molecule has 0 radical (unpaired) electrons. The van der Waals surface area contributed by atoms with Gasteiger partial charge in [0.05, 0.1) is 24.2 Å². The Morgan fingerprint density at radius 2 is 2.20 bits per heavy atom. The second-order valence-electron chi connectivity index (χ2n) is 5.09. The van der Waals surface area contributed by atoms with Gasteiger partial charge in [0, 0.05) is 6.42 Å². The highest BCUT2D eigenvalue weighted by Gasteiger charge is 2.54. The fourth-order valence-electron chi connectivity index (χ4n) is 2.46. The molecule has 0 saturated carbocycles. The number of carbonyl (C=O) groups excluding carboxylic acids is 1. The van der Waals surface area contributed by atoms with Crippen molar-refractivity contribution in [2.24, 2.45) is 0 Å². The summed E-state index contributed by atoms with van der Waals surface area (Å²) in [6, 6.07) is 0. The van der Waals surface area contributed by atoms with E-state index in [1.807, 2.05) is 13.8 Å². The van der Waals surface area contributed by atoms with Gasteiger partial charge in [-0.2, -0.15) is 0 Å². The Balaban J connectivity index is 2.04. The first kappa shape index (κ1) is 9.36. The van der Waals surface area contributed by atoms with Gasteiger partial charge in [-0.15, -0.1) is 0 Å². The molecule has 1 saturated heterocycles. The number of hydrogen-bond donors (Lipinski definition) is 1. The van der Waals surface area contributed by atoms with Crippen LogP contribution in [-0.2, 0) is 14.3 Å². The van der Waals surface area contributed by atoms with Gasteiger partial charge in [-0.25, -0.2) is 0 Å². The van der Waals surface area contributed by atoms with Crippen LogP contribution in [0.3, 0.4) is 0 Å². The fourth-order valence-corrected chi connectivity index (χ4v) is 2.46. The van der Waals surface area contributed by atoms with Crippen LogP contribution in [-0.4, -0.2) is 34.8 Å². The predicted octanol–water partition coefficient (Wildman–Crippen LogP) is 0.540. The van der Waals surface area contributed by atoms with Gasteiger partial charge in [-0.1, -0.05) is 0 Å². The molecule has 2 aliphatic heterocycles. The number of hydrogen-bond acceptors (Lipinski definition) is 4. The van der Waals surface area contributed by atoms with Crippen LogP contribution in [0.4, 0.5) is 0 Å². The average Bonchev–Trinajstić information content (AvgIpc) is 2.79. The van der Waals surface area contributed by atoms with Crippen molar-refractivity contribution in [3.63, 3.8) is 0 Å². The summed E-state index contributed by atoms with van der Waals surface area (Å²) in [7, 11) is 0. The zero-order chi connectivity index (χ0) is 10.8. The summed E-state index contributed by atoms with van der Waals surface area (Å²) in [5.41, 5.74) is -0.0169. The van der Waals surface area contributed by atoms with Crippen LogP contribution in [0.15, 0.2) is 11.3 Å². The molecular weight excluding hydrogens is 196 g/mol. The number of ketones is 1. The minimum Gasteiger partial charge on any atom is -0.488 e. The van der Waals surface area contributed by atoms with Gasteiger partial charge in [0.15, 0.2) is 5.78 Å². The van der Waals surface area contributed by atoms with E-state index in [1.165, 1.54) is 0 Å². The van der Waals surface area contributed by atoms with E-state index in [2.05, 4.69) is 0 Å². The number of ether oxygens (including phenoxy) is 2. The maximum absolute atomic E-state index is 11.9.